The minimum absolute atomic E-state index is 0.324. The fourth-order valence-corrected chi connectivity index (χ4v) is 5.14. The number of rotatable bonds is 4. The first-order valence-electron chi connectivity index (χ1n) is 5.75. The Morgan fingerprint density at radius 1 is 1.25 bits per heavy atom. The molecule has 0 amide bonds. The van der Waals surface area contributed by atoms with E-state index in [1.807, 2.05) is 0 Å². The molecule has 0 saturated heterocycles. The summed E-state index contributed by atoms with van der Waals surface area (Å²) in [5.41, 5.74) is 1.19. The Kier molecular flexibility index (Phi) is 4.34. The molecule has 0 bridgehead atoms. The lowest BCUT2D eigenvalue weighted by Gasteiger charge is -2.21. The summed E-state index contributed by atoms with van der Waals surface area (Å²) in [7, 11) is -0.324. The predicted molar refractivity (Wildman–Crippen MR) is 59.5 cm³/mol. The van der Waals surface area contributed by atoms with Crippen molar-refractivity contribution in [1.29, 1.82) is 0 Å². The molecule has 0 aliphatic heterocycles. The first-order valence-corrected chi connectivity index (χ1v) is 8.73. The van der Waals surface area contributed by atoms with Crippen molar-refractivity contribution in [3.63, 3.8) is 0 Å². The van der Waals surface area contributed by atoms with Crippen molar-refractivity contribution in [2.75, 3.05) is 0 Å². The molecule has 0 N–H and O–H groups in total. The van der Waals surface area contributed by atoms with E-state index >= 15 is 0 Å². The van der Waals surface area contributed by atoms with Gasteiger partial charge in [-0.3, -0.25) is 0 Å². The Balaban J connectivity index is 2.30. The molecule has 1 saturated carbocycles. The highest BCUT2D eigenvalue weighted by molar-refractivity contribution is 6.57. The van der Waals surface area contributed by atoms with Gasteiger partial charge < -0.3 is 0 Å². The highest BCUT2D eigenvalue weighted by atomic mass is 28.3. The van der Waals surface area contributed by atoms with Crippen LogP contribution in [0, 0.1) is 5.92 Å². The number of hydrogen-bond acceptors (Lipinski definition) is 0. The van der Waals surface area contributed by atoms with Crippen LogP contribution >= 0.6 is 0 Å². The van der Waals surface area contributed by atoms with Gasteiger partial charge in [-0.1, -0.05) is 58.5 Å². The molecule has 1 aliphatic rings. The molecular formula is C11H24Si. The number of unbranched alkanes of at least 4 members (excludes halogenated alkanes) is 1. The van der Waals surface area contributed by atoms with Gasteiger partial charge in [-0.2, -0.15) is 0 Å². The van der Waals surface area contributed by atoms with Crippen LogP contribution in [-0.4, -0.2) is 8.80 Å². The molecule has 0 spiro atoms. The second kappa shape index (κ2) is 5.06. The third-order valence-corrected chi connectivity index (χ3v) is 6.09. The average Bonchev–Trinajstić information content (AvgIpc) is 2.48. The summed E-state index contributed by atoms with van der Waals surface area (Å²) in [5.74, 6) is 1.14. The maximum absolute atomic E-state index is 2.54. The maximum atomic E-state index is 2.54. The molecule has 2 atom stereocenters. The van der Waals surface area contributed by atoms with Gasteiger partial charge in [0.25, 0.3) is 0 Å². The molecule has 1 fully saturated rings. The molecule has 1 heteroatoms. The highest BCUT2D eigenvalue weighted by Gasteiger charge is 2.28. The van der Waals surface area contributed by atoms with E-state index in [9.17, 15) is 0 Å². The van der Waals surface area contributed by atoms with Crippen molar-refractivity contribution in [1.82, 2.24) is 0 Å². The van der Waals surface area contributed by atoms with E-state index in [1.165, 1.54) is 31.2 Å². The van der Waals surface area contributed by atoms with Gasteiger partial charge in [0.2, 0.25) is 0 Å². The minimum atomic E-state index is -0.324. The Hall–Kier alpha value is 0.217. The smallest absolute Gasteiger partial charge is 0.0340 e. The lowest BCUT2D eigenvalue weighted by atomic mass is 10.0. The van der Waals surface area contributed by atoms with Crippen LogP contribution in [0.15, 0.2) is 0 Å². The SMILES string of the molecule is CCCCC1CCCC1[SiH](C)C. The molecule has 12 heavy (non-hydrogen) atoms. The van der Waals surface area contributed by atoms with E-state index < -0.39 is 0 Å². The molecule has 0 nitrogen and oxygen atoms in total. The van der Waals surface area contributed by atoms with Crippen molar-refractivity contribution in [3.05, 3.63) is 0 Å². The lowest BCUT2D eigenvalue weighted by molar-refractivity contribution is 0.475. The second-order valence-corrected chi connectivity index (χ2v) is 8.09. The third kappa shape index (κ3) is 2.62. The topological polar surface area (TPSA) is 0 Å². The zero-order chi connectivity index (χ0) is 8.97. The first kappa shape index (κ1) is 10.3. The van der Waals surface area contributed by atoms with E-state index in [2.05, 4.69) is 20.0 Å². The predicted octanol–water partition coefficient (Wildman–Crippen LogP) is 3.83. The van der Waals surface area contributed by atoms with E-state index in [4.69, 9.17) is 0 Å². The molecule has 72 valence electrons. The molecular weight excluding hydrogens is 160 g/mol. The lowest BCUT2D eigenvalue weighted by Crippen LogP contribution is -2.16. The van der Waals surface area contributed by atoms with Crippen molar-refractivity contribution in [3.8, 4) is 0 Å². The van der Waals surface area contributed by atoms with Gasteiger partial charge in [0.05, 0.1) is 0 Å². The fourth-order valence-electron chi connectivity index (χ4n) is 2.77. The fraction of sp³-hybridized carbons (Fsp3) is 1.00. The van der Waals surface area contributed by atoms with Crippen molar-refractivity contribution in [2.24, 2.45) is 5.92 Å². The summed E-state index contributed by atoms with van der Waals surface area (Å²) < 4.78 is 0. The van der Waals surface area contributed by atoms with Crippen molar-refractivity contribution in [2.45, 2.75) is 64.1 Å². The molecule has 0 aromatic rings. The van der Waals surface area contributed by atoms with Crippen LogP contribution in [0.2, 0.25) is 18.6 Å². The van der Waals surface area contributed by atoms with Crippen LogP contribution < -0.4 is 0 Å². The third-order valence-electron chi connectivity index (χ3n) is 3.50. The summed E-state index contributed by atoms with van der Waals surface area (Å²) in [6.45, 7) is 7.39. The van der Waals surface area contributed by atoms with Gasteiger partial charge in [0, 0.05) is 8.80 Å². The Bertz CT molecular complexity index is 120. The van der Waals surface area contributed by atoms with Crippen LogP contribution in [0.3, 0.4) is 0 Å². The monoisotopic (exact) mass is 184 g/mol. The zero-order valence-electron chi connectivity index (χ0n) is 8.97. The molecule has 0 aromatic carbocycles. The molecule has 1 rings (SSSR count). The summed E-state index contributed by atoms with van der Waals surface area (Å²) in [6, 6.07) is 0. The molecule has 2 unspecified atom stereocenters. The van der Waals surface area contributed by atoms with Crippen LogP contribution in [0.25, 0.3) is 0 Å². The first-order chi connectivity index (χ1) is 5.75. The minimum Gasteiger partial charge on any atom is -0.0720 e. The van der Waals surface area contributed by atoms with Gasteiger partial charge in [-0.05, 0) is 11.5 Å². The van der Waals surface area contributed by atoms with Gasteiger partial charge in [0.15, 0.2) is 0 Å². The number of hydrogen-bond donors (Lipinski definition) is 0. The van der Waals surface area contributed by atoms with Crippen molar-refractivity contribution < 1.29 is 0 Å². The highest BCUT2D eigenvalue weighted by Crippen LogP contribution is 2.41. The summed E-state index contributed by atoms with van der Waals surface area (Å²) in [4.78, 5) is 0. The summed E-state index contributed by atoms with van der Waals surface area (Å²) >= 11 is 0. The Labute approximate surface area is 79.4 Å². The Morgan fingerprint density at radius 2 is 2.00 bits per heavy atom. The molecule has 0 heterocycles. The van der Waals surface area contributed by atoms with Gasteiger partial charge in [0.1, 0.15) is 0 Å². The van der Waals surface area contributed by atoms with Crippen LogP contribution in [0.5, 0.6) is 0 Å². The van der Waals surface area contributed by atoms with E-state index in [0.717, 1.165) is 5.92 Å². The van der Waals surface area contributed by atoms with Crippen LogP contribution in [0.4, 0.5) is 0 Å². The normalized spacial score (nSPS) is 30.0. The molecule has 0 aromatic heterocycles. The maximum Gasteiger partial charge on any atom is 0.0340 e. The zero-order valence-corrected chi connectivity index (χ0v) is 10.1. The van der Waals surface area contributed by atoms with Crippen LogP contribution in [0.1, 0.15) is 45.4 Å². The molecule has 1 aliphatic carbocycles. The standard InChI is InChI=1S/C11H24Si/c1-4-5-7-10-8-6-9-11(10)12(2)3/h10-12H,4-9H2,1-3H3. The molecule has 0 radical (unpaired) electrons. The van der Waals surface area contributed by atoms with E-state index in [-0.39, 0.29) is 8.80 Å². The van der Waals surface area contributed by atoms with Crippen molar-refractivity contribution >= 4 is 8.80 Å². The van der Waals surface area contributed by atoms with Gasteiger partial charge >= 0.3 is 0 Å². The second-order valence-electron chi connectivity index (χ2n) is 4.74. The van der Waals surface area contributed by atoms with Gasteiger partial charge in [-0.25, -0.2) is 0 Å². The summed E-state index contributed by atoms with van der Waals surface area (Å²) in [6.07, 6.45) is 9.05. The Morgan fingerprint density at radius 3 is 2.58 bits per heavy atom. The summed E-state index contributed by atoms with van der Waals surface area (Å²) in [5, 5.41) is 0. The van der Waals surface area contributed by atoms with Gasteiger partial charge in [-0.15, -0.1) is 0 Å². The largest absolute Gasteiger partial charge is 0.0720 e. The average molecular weight is 184 g/mol. The van der Waals surface area contributed by atoms with E-state index in [0.29, 0.717) is 0 Å². The van der Waals surface area contributed by atoms with E-state index in [1.54, 1.807) is 12.8 Å². The quantitative estimate of drug-likeness (QED) is 0.583. The van der Waals surface area contributed by atoms with Crippen LogP contribution in [-0.2, 0) is 0 Å².